The molecule has 1 unspecified atom stereocenters. The van der Waals surface area contributed by atoms with E-state index >= 15 is 0 Å². The molecule has 0 aliphatic rings. The van der Waals surface area contributed by atoms with Gasteiger partial charge in [-0.3, -0.25) is 4.21 Å². The van der Waals surface area contributed by atoms with Gasteiger partial charge in [0, 0.05) is 16.2 Å². The highest BCUT2D eigenvalue weighted by molar-refractivity contribution is 7.77. The fourth-order valence-electron chi connectivity index (χ4n) is 0.883. The molecule has 0 saturated carbocycles. The average Bonchev–Trinajstić information content (AvgIpc) is 2.13. The first kappa shape index (κ1) is 15.9. The Balaban J connectivity index is 0. The molecule has 0 N–H and O–H groups in total. The molecule has 0 aromatic rings. The van der Waals surface area contributed by atoms with Crippen LogP contribution in [-0.4, -0.2) is 8.76 Å². The van der Waals surface area contributed by atoms with Gasteiger partial charge in [0.1, 0.15) is 0 Å². The van der Waals surface area contributed by atoms with E-state index in [9.17, 15) is 8.76 Å². The van der Waals surface area contributed by atoms with Gasteiger partial charge in [-0.1, -0.05) is 52.4 Å². The zero-order valence-electron chi connectivity index (χ0n) is 8.81. The monoisotopic (exact) mass is 220 g/mol. The molecule has 1 atom stereocenters. The number of hydrogen-bond donors (Lipinski definition) is 0. The second-order valence-corrected chi connectivity index (χ2v) is 3.40. The van der Waals surface area contributed by atoms with Crippen LogP contribution in [-0.2, 0) is 11.3 Å². The molecule has 0 rings (SSSR count). The van der Waals surface area contributed by atoms with Crippen LogP contribution in [0.2, 0.25) is 0 Å². The molecule has 6 heteroatoms. The molecule has 0 bridgehead atoms. The lowest BCUT2D eigenvalue weighted by Gasteiger charge is -1.93. The van der Waals surface area contributed by atoms with Crippen molar-refractivity contribution >= 4 is 11.3 Å². The zero-order chi connectivity index (χ0) is 11.2. The summed E-state index contributed by atoms with van der Waals surface area (Å²) in [7, 11) is 0. The number of unbranched alkanes of at least 4 members (excludes halogenated alkanes) is 5. The van der Waals surface area contributed by atoms with Crippen molar-refractivity contribution in [1.29, 1.82) is 0 Å². The van der Waals surface area contributed by atoms with E-state index in [4.69, 9.17) is 5.53 Å². The Morgan fingerprint density at radius 3 is 1.79 bits per heavy atom. The van der Waals surface area contributed by atoms with E-state index in [0.29, 0.717) is 0 Å². The van der Waals surface area contributed by atoms with Gasteiger partial charge in [0.2, 0.25) is 0 Å². The highest BCUT2D eigenvalue weighted by Crippen LogP contribution is 2.03. The summed E-state index contributed by atoms with van der Waals surface area (Å²) in [6.07, 6.45) is 8.49. The third-order valence-corrected chi connectivity index (χ3v) is 1.77. The lowest BCUT2D eigenvalue weighted by molar-refractivity contribution is 0.538. The van der Waals surface area contributed by atoms with Gasteiger partial charge >= 0.3 is 0 Å². The molecule has 0 aromatic carbocycles. The van der Waals surface area contributed by atoms with Crippen LogP contribution in [0, 0.1) is 0 Å². The largest absolute Gasteiger partial charge is 0.767 e. The first-order valence-electron chi connectivity index (χ1n) is 4.83. The minimum absolute atomic E-state index is 1.36. The van der Waals surface area contributed by atoms with E-state index in [0.717, 1.165) is 0 Å². The number of hydrogen-bond acceptors (Lipinski definition) is 2. The third kappa shape index (κ3) is 22.5. The van der Waals surface area contributed by atoms with Crippen molar-refractivity contribution in [3.63, 3.8) is 0 Å². The molecule has 14 heavy (non-hydrogen) atoms. The van der Waals surface area contributed by atoms with Gasteiger partial charge in [0.15, 0.2) is 0 Å². The van der Waals surface area contributed by atoms with Crippen LogP contribution in [0.3, 0.4) is 0 Å². The predicted molar refractivity (Wildman–Crippen MR) is 57.1 cm³/mol. The van der Waals surface area contributed by atoms with Gasteiger partial charge in [-0.15, -0.1) is 0 Å². The molecule has 84 valence electrons. The standard InChI is InChI=1S/C8H18.HN3O2S/c1-3-5-7-8-6-4-2;1-2-3-6(4)5/h3-8H2,1-2H3;(H,4,5)/p-1. The highest BCUT2D eigenvalue weighted by Gasteiger charge is 1.83. The van der Waals surface area contributed by atoms with Gasteiger partial charge in [-0.2, -0.15) is 0 Å². The van der Waals surface area contributed by atoms with Crippen molar-refractivity contribution in [2.24, 2.45) is 4.52 Å². The number of nitrogens with zero attached hydrogens (tertiary/aromatic N) is 3. The summed E-state index contributed by atoms with van der Waals surface area (Å²) in [6.45, 7) is 4.51. The summed E-state index contributed by atoms with van der Waals surface area (Å²) >= 11 is -2.61. The fourth-order valence-corrected chi connectivity index (χ4v) is 0.943. The van der Waals surface area contributed by atoms with Gasteiger partial charge in [0.05, 0.1) is 0 Å². The molecular formula is C8H18N3O2S-. The van der Waals surface area contributed by atoms with Crippen molar-refractivity contribution in [3.05, 3.63) is 10.4 Å². The van der Waals surface area contributed by atoms with Crippen molar-refractivity contribution in [2.45, 2.75) is 52.4 Å². The maximum absolute atomic E-state index is 9.18. The topological polar surface area (TPSA) is 88.9 Å². The van der Waals surface area contributed by atoms with Gasteiger partial charge < -0.3 is 4.55 Å². The molecule has 5 nitrogen and oxygen atoms in total. The number of rotatable bonds is 6. The zero-order valence-corrected chi connectivity index (χ0v) is 9.63. The van der Waals surface area contributed by atoms with Crippen LogP contribution < -0.4 is 0 Å². The molecule has 0 saturated heterocycles. The summed E-state index contributed by atoms with van der Waals surface area (Å²) in [5.41, 5.74) is 7.30. The summed E-state index contributed by atoms with van der Waals surface area (Å²) in [5.74, 6) is 0. The quantitative estimate of drug-likeness (QED) is 0.225. The SMILES string of the molecule is CCCCCCCC.[N-]=[N+]=NS(=O)[O-]. The summed E-state index contributed by atoms with van der Waals surface area (Å²) in [6, 6.07) is 0. The van der Waals surface area contributed by atoms with E-state index < -0.39 is 11.3 Å². The summed E-state index contributed by atoms with van der Waals surface area (Å²) < 4.78 is 20.6. The van der Waals surface area contributed by atoms with Crippen LogP contribution in [0.4, 0.5) is 0 Å². The van der Waals surface area contributed by atoms with Gasteiger partial charge in [-0.25, -0.2) is 0 Å². The molecule has 0 aliphatic heterocycles. The van der Waals surface area contributed by atoms with E-state index in [1.807, 2.05) is 4.91 Å². The molecule has 0 amide bonds. The maximum Gasteiger partial charge on any atom is 0.0367 e. The lowest BCUT2D eigenvalue weighted by Crippen LogP contribution is -1.73. The van der Waals surface area contributed by atoms with Gasteiger partial charge in [-0.05, 0) is 10.1 Å². The number of azide groups is 1. The molecule has 0 aliphatic carbocycles. The van der Waals surface area contributed by atoms with Gasteiger partial charge in [0.25, 0.3) is 0 Å². The summed E-state index contributed by atoms with van der Waals surface area (Å²) in [5, 5.41) is 0. The average molecular weight is 220 g/mol. The molecule has 0 radical (unpaired) electrons. The Morgan fingerprint density at radius 2 is 1.64 bits per heavy atom. The van der Waals surface area contributed by atoms with Crippen molar-refractivity contribution in [3.8, 4) is 0 Å². The van der Waals surface area contributed by atoms with Crippen LogP contribution in [0.5, 0.6) is 0 Å². The Labute approximate surface area is 87.9 Å². The summed E-state index contributed by atoms with van der Waals surface area (Å²) in [4.78, 5) is 1.95. The van der Waals surface area contributed by atoms with Crippen LogP contribution >= 0.6 is 0 Å². The first-order chi connectivity index (χ1) is 6.68. The van der Waals surface area contributed by atoms with Crippen molar-refractivity contribution in [1.82, 2.24) is 0 Å². The van der Waals surface area contributed by atoms with E-state index in [1.54, 1.807) is 0 Å². The smallest absolute Gasteiger partial charge is 0.0367 e. The third-order valence-electron chi connectivity index (χ3n) is 1.56. The Kier molecular flexibility index (Phi) is 16.9. The molecule has 0 fully saturated rings. The van der Waals surface area contributed by atoms with Crippen LogP contribution in [0.25, 0.3) is 10.4 Å². The van der Waals surface area contributed by atoms with Crippen LogP contribution in [0.15, 0.2) is 4.52 Å². The first-order valence-corrected chi connectivity index (χ1v) is 5.86. The van der Waals surface area contributed by atoms with E-state index in [2.05, 4.69) is 18.4 Å². The molecule has 0 heterocycles. The highest BCUT2D eigenvalue weighted by atomic mass is 32.2. The van der Waals surface area contributed by atoms with E-state index in [1.165, 1.54) is 38.5 Å². The second-order valence-electron chi connectivity index (χ2n) is 2.80. The lowest BCUT2D eigenvalue weighted by atomic mass is 10.1. The normalized spacial score (nSPS) is 10.8. The predicted octanol–water partition coefficient (Wildman–Crippen LogP) is 3.46. The Hall–Kier alpha value is -0.580. The Morgan fingerprint density at radius 1 is 1.21 bits per heavy atom. The minimum Gasteiger partial charge on any atom is -0.767 e. The maximum atomic E-state index is 9.18. The molecular weight excluding hydrogens is 202 g/mol. The van der Waals surface area contributed by atoms with Crippen molar-refractivity contribution in [2.75, 3.05) is 0 Å². The molecule has 0 spiro atoms. The minimum atomic E-state index is -2.61. The second kappa shape index (κ2) is 14.9. The van der Waals surface area contributed by atoms with Crippen LogP contribution in [0.1, 0.15) is 52.4 Å². The van der Waals surface area contributed by atoms with E-state index in [-0.39, 0.29) is 0 Å². The van der Waals surface area contributed by atoms with Crippen molar-refractivity contribution < 1.29 is 8.76 Å². The fraction of sp³-hybridized carbons (Fsp3) is 1.00. The molecule has 0 aromatic heterocycles. The Bertz CT molecular complexity index is 175.